The number of carboxylic acid groups (broad SMARTS) is 2. The molecule has 0 aromatic carbocycles. The molecule has 0 fully saturated rings. The minimum atomic E-state index is -1.95. The van der Waals surface area contributed by atoms with Gasteiger partial charge in [0.15, 0.2) is 0 Å². The first kappa shape index (κ1) is 17.3. The molecule has 51 valence electrons. The van der Waals surface area contributed by atoms with Gasteiger partial charge in [-0.25, -0.2) is 9.59 Å². The van der Waals surface area contributed by atoms with Crippen LogP contribution in [0, 0.1) is 77.3 Å². The average molecular weight is 397 g/mol. The number of hydrogen-bond acceptors (Lipinski definition) is 3. The molecule has 0 aliphatic rings. The monoisotopic (exact) mass is 397 g/mol. The van der Waals surface area contributed by atoms with E-state index in [1.807, 2.05) is 0 Å². The van der Waals surface area contributed by atoms with Crippen LogP contribution < -0.4 is 0 Å². The summed E-state index contributed by atoms with van der Waals surface area (Å²) in [6, 6.07) is 0. The van der Waals surface area contributed by atoms with Crippen LogP contribution in [0.25, 0.3) is 0 Å². The first-order valence-corrected chi connectivity index (χ1v) is 1.56. The molecule has 0 aromatic heterocycles. The summed E-state index contributed by atoms with van der Waals surface area (Å²) >= 11 is 0. The number of aliphatic carboxylic acids is 2. The van der Waals surface area contributed by atoms with Gasteiger partial charge in [0, 0.05) is 77.3 Å². The Labute approximate surface area is 118 Å². The number of carboxylic acids is 2. The topological polar surface area (TPSA) is 91.7 Å². The summed E-state index contributed by atoms with van der Waals surface area (Å²) < 4.78 is 0. The van der Waals surface area contributed by atoms with Crippen molar-refractivity contribution in [3.05, 3.63) is 0 Å². The zero-order valence-electron chi connectivity index (χ0n) is 4.70. The van der Waals surface area contributed by atoms with Crippen molar-refractivity contribution in [3.63, 3.8) is 0 Å². The molecular weight excluding hydrogens is 395 g/mol. The van der Waals surface area contributed by atoms with Crippen molar-refractivity contribution in [1.29, 1.82) is 0 Å². The second kappa shape index (κ2) is 8.28. The predicted molar refractivity (Wildman–Crippen MR) is 20.3 cm³/mol. The molecular formula is C3H2CeLaO5. The molecule has 7 heteroatoms. The molecule has 1 radical (unpaired) electrons. The van der Waals surface area contributed by atoms with Crippen LogP contribution in [0.15, 0.2) is 0 Å². The Morgan fingerprint density at radius 2 is 1.10 bits per heavy atom. The standard InChI is InChI=1S/C3H2O5.Ce.La/c4-1(2(5)6)3(7)8;;/h(H,5,6)(H,7,8);;. The number of hydrogen-bond donors (Lipinski definition) is 2. The van der Waals surface area contributed by atoms with Crippen molar-refractivity contribution in [1.82, 2.24) is 0 Å². The van der Waals surface area contributed by atoms with Crippen LogP contribution in [-0.4, -0.2) is 27.9 Å². The molecule has 0 atom stereocenters. The number of rotatable bonds is 2. The van der Waals surface area contributed by atoms with Gasteiger partial charge in [-0.1, -0.05) is 0 Å². The van der Waals surface area contributed by atoms with Crippen molar-refractivity contribution in [2.75, 3.05) is 0 Å². The zero-order chi connectivity index (χ0) is 6.73. The van der Waals surface area contributed by atoms with Crippen LogP contribution in [-0.2, 0) is 14.4 Å². The minimum Gasteiger partial charge on any atom is -0.475 e. The SMILES string of the molecule is O=C(O)C(=O)C(=O)O.[Ce].[La]. The summed E-state index contributed by atoms with van der Waals surface area (Å²) in [7, 11) is 0. The summed E-state index contributed by atoms with van der Waals surface area (Å²) in [5.41, 5.74) is 0. The van der Waals surface area contributed by atoms with Crippen LogP contribution >= 0.6 is 0 Å². The van der Waals surface area contributed by atoms with Crippen LogP contribution in [0.4, 0.5) is 0 Å². The molecule has 0 amide bonds. The first-order chi connectivity index (χ1) is 3.55. The van der Waals surface area contributed by atoms with E-state index in [0.29, 0.717) is 0 Å². The maximum atomic E-state index is 9.64. The van der Waals surface area contributed by atoms with Crippen molar-refractivity contribution in [3.8, 4) is 0 Å². The molecule has 0 saturated carbocycles. The second-order valence-corrected chi connectivity index (χ2v) is 0.939. The second-order valence-electron chi connectivity index (χ2n) is 0.939. The summed E-state index contributed by atoms with van der Waals surface area (Å²) in [5, 5.41) is 15.2. The fraction of sp³-hybridized carbons (Fsp3) is 0. The van der Waals surface area contributed by atoms with Crippen LogP contribution in [0.1, 0.15) is 0 Å². The molecule has 0 heterocycles. The van der Waals surface area contributed by atoms with Crippen molar-refractivity contribution < 1.29 is 102 Å². The van der Waals surface area contributed by atoms with E-state index < -0.39 is 17.7 Å². The Bertz CT molecular complexity index is 139. The Morgan fingerprint density at radius 1 is 0.900 bits per heavy atom. The van der Waals surface area contributed by atoms with Gasteiger partial charge in [-0.2, -0.15) is 0 Å². The van der Waals surface area contributed by atoms with E-state index in [-0.39, 0.29) is 77.3 Å². The Kier molecular flexibility index (Phi) is 14.3. The summed E-state index contributed by atoms with van der Waals surface area (Å²) in [6.07, 6.45) is 0. The molecule has 0 spiro atoms. The molecule has 0 bridgehead atoms. The Morgan fingerprint density at radius 3 is 1.10 bits per heavy atom. The van der Waals surface area contributed by atoms with E-state index in [1.165, 1.54) is 0 Å². The van der Waals surface area contributed by atoms with Gasteiger partial charge in [0.1, 0.15) is 0 Å². The fourth-order valence-electron chi connectivity index (χ4n) is 0.0915. The predicted octanol–water partition coefficient (Wildman–Crippen LogP) is -1.28. The van der Waals surface area contributed by atoms with Crippen molar-refractivity contribution >= 4 is 17.7 Å². The Balaban J connectivity index is -0.000000245. The van der Waals surface area contributed by atoms with Gasteiger partial charge in [-0.05, 0) is 0 Å². The first-order valence-electron chi connectivity index (χ1n) is 1.56. The van der Waals surface area contributed by atoms with E-state index in [0.717, 1.165) is 0 Å². The van der Waals surface area contributed by atoms with Gasteiger partial charge in [-0.15, -0.1) is 0 Å². The van der Waals surface area contributed by atoms with Gasteiger partial charge >= 0.3 is 17.7 Å². The van der Waals surface area contributed by atoms with E-state index in [1.54, 1.807) is 0 Å². The molecule has 0 unspecified atom stereocenters. The minimum absolute atomic E-state index is 0. The number of ketones is 1. The summed E-state index contributed by atoms with van der Waals surface area (Å²) in [4.78, 5) is 28.5. The fourth-order valence-corrected chi connectivity index (χ4v) is 0.0915. The third kappa shape index (κ3) is 7.29. The molecule has 2 N–H and O–H groups in total. The van der Waals surface area contributed by atoms with Crippen LogP contribution in [0.5, 0.6) is 0 Å². The van der Waals surface area contributed by atoms with Gasteiger partial charge in [0.25, 0.3) is 0 Å². The van der Waals surface area contributed by atoms with Gasteiger partial charge in [0.05, 0.1) is 0 Å². The number of carbonyl (C=O) groups excluding carboxylic acids is 1. The smallest absolute Gasteiger partial charge is 0.384 e. The van der Waals surface area contributed by atoms with E-state index >= 15 is 0 Å². The maximum Gasteiger partial charge on any atom is 0.384 e. The third-order valence-electron chi connectivity index (χ3n) is 0.388. The van der Waals surface area contributed by atoms with Crippen LogP contribution in [0.3, 0.4) is 0 Å². The third-order valence-corrected chi connectivity index (χ3v) is 0.388. The van der Waals surface area contributed by atoms with Crippen LogP contribution in [0.2, 0.25) is 0 Å². The normalized spacial score (nSPS) is 6.40. The van der Waals surface area contributed by atoms with Gasteiger partial charge in [0.2, 0.25) is 0 Å². The average Bonchev–Trinajstić information content (AvgIpc) is 1.64. The van der Waals surface area contributed by atoms with Crippen molar-refractivity contribution in [2.45, 2.75) is 0 Å². The van der Waals surface area contributed by atoms with E-state index in [2.05, 4.69) is 0 Å². The summed E-state index contributed by atoms with van der Waals surface area (Å²) in [5.74, 6) is -5.71. The Hall–Kier alpha value is 1.18. The van der Waals surface area contributed by atoms with Gasteiger partial charge in [-0.3, -0.25) is 4.79 Å². The quantitative estimate of drug-likeness (QED) is 0.448. The number of carbonyl (C=O) groups is 3. The molecule has 0 aromatic rings. The largest absolute Gasteiger partial charge is 0.475 e. The number of Topliss-reactive ketones (excluding diaryl/α,β-unsaturated/α-hetero) is 1. The maximum absolute atomic E-state index is 9.64. The van der Waals surface area contributed by atoms with Crippen molar-refractivity contribution in [2.24, 2.45) is 0 Å². The molecule has 0 rings (SSSR count). The molecule has 0 aliphatic heterocycles. The summed E-state index contributed by atoms with van der Waals surface area (Å²) in [6.45, 7) is 0. The van der Waals surface area contributed by atoms with E-state index in [4.69, 9.17) is 10.2 Å². The molecule has 0 saturated heterocycles. The molecule has 0 aliphatic carbocycles. The molecule has 10 heavy (non-hydrogen) atoms. The zero-order valence-corrected chi connectivity index (χ0v) is 11.5. The van der Waals surface area contributed by atoms with E-state index in [9.17, 15) is 14.4 Å². The van der Waals surface area contributed by atoms with Gasteiger partial charge < -0.3 is 10.2 Å². The molecule has 5 nitrogen and oxygen atoms in total.